The van der Waals surface area contributed by atoms with E-state index < -0.39 is 18.1 Å². The standard InChI is InChI=1S/C23H26N2O5/c1-4-5-13-24-22(26)19-20(17-12-11-16(28-2)14-18(17)29-3)25(30-21(19)23(24)27)15-9-7-6-8-10-15/h6-12,14,19-21H,4-5,13H2,1-3H3/t19-,20-,21+/m0/s1. The van der Waals surface area contributed by atoms with Crippen LogP contribution in [0.2, 0.25) is 0 Å². The monoisotopic (exact) mass is 410 g/mol. The summed E-state index contributed by atoms with van der Waals surface area (Å²) in [4.78, 5) is 33.8. The lowest BCUT2D eigenvalue weighted by Gasteiger charge is -2.29. The number of rotatable bonds is 7. The zero-order valence-corrected chi connectivity index (χ0v) is 17.4. The number of fused-ring (bicyclic) bond motifs is 1. The average molecular weight is 410 g/mol. The third kappa shape index (κ3) is 3.29. The molecule has 3 atom stereocenters. The number of carbonyl (C=O) groups is 2. The van der Waals surface area contributed by atoms with Crippen LogP contribution in [0, 0.1) is 5.92 Å². The second-order valence-electron chi connectivity index (χ2n) is 7.45. The van der Waals surface area contributed by atoms with E-state index in [4.69, 9.17) is 14.3 Å². The molecule has 0 aromatic heterocycles. The van der Waals surface area contributed by atoms with Crippen LogP contribution in [-0.4, -0.2) is 43.6 Å². The van der Waals surface area contributed by atoms with E-state index in [1.165, 1.54) is 4.90 Å². The molecule has 2 amide bonds. The second-order valence-corrected chi connectivity index (χ2v) is 7.45. The molecule has 2 aromatic rings. The van der Waals surface area contributed by atoms with E-state index in [1.807, 2.05) is 49.4 Å². The van der Waals surface area contributed by atoms with Gasteiger partial charge in [-0.2, -0.15) is 0 Å². The second kappa shape index (κ2) is 8.36. The van der Waals surface area contributed by atoms with Crippen molar-refractivity contribution in [3.05, 3.63) is 54.1 Å². The Kier molecular flexibility index (Phi) is 5.63. The fourth-order valence-electron chi connectivity index (χ4n) is 4.19. The van der Waals surface area contributed by atoms with Crippen LogP contribution in [0.15, 0.2) is 48.5 Å². The van der Waals surface area contributed by atoms with Crippen molar-refractivity contribution in [3.8, 4) is 11.5 Å². The Labute approximate surface area is 176 Å². The number of likely N-dealkylation sites (tertiary alicyclic amines) is 1. The summed E-state index contributed by atoms with van der Waals surface area (Å²) in [6.07, 6.45) is 0.834. The number of anilines is 1. The van der Waals surface area contributed by atoms with E-state index in [-0.39, 0.29) is 11.8 Å². The lowest BCUT2D eigenvalue weighted by atomic mass is 9.90. The van der Waals surface area contributed by atoms with Gasteiger partial charge in [0.1, 0.15) is 17.4 Å². The fourth-order valence-corrected chi connectivity index (χ4v) is 4.19. The minimum atomic E-state index is -0.841. The summed E-state index contributed by atoms with van der Waals surface area (Å²) in [7, 11) is 3.16. The first-order chi connectivity index (χ1) is 14.6. The van der Waals surface area contributed by atoms with Gasteiger partial charge in [0.15, 0.2) is 6.10 Å². The molecule has 0 unspecified atom stereocenters. The number of ether oxygens (including phenoxy) is 2. The molecule has 0 bridgehead atoms. The van der Waals surface area contributed by atoms with Crippen molar-refractivity contribution in [1.82, 2.24) is 4.90 Å². The first kappa shape index (κ1) is 20.2. The summed E-state index contributed by atoms with van der Waals surface area (Å²) < 4.78 is 10.9. The van der Waals surface area contributed by atoms with Crippen molar-refractivity contribution in [2.45, 2.75) is 31.9 Å². The Morgan fingerprint density at radius 3 is 2.43 bits per heavy atom. The van der Waals surface area contributed by atoms with E-state index in [0.717, 1.165) is 24.1 Å². The van der Waals surface area contributed by atoms with Crippen LogP contribution >= 0.6 is 0 Å². The third-order valence-corrected chi connectivity index (χ3v) is 5.71. The summed E-state index contributed by atoms with van der Waals surface area (Å²) in [6, 6.07) is 14.5. The molecule has 4 rings (SSSR count). The van der Waals surface area contributed by atoms with Crippen LogP contribution in [0.1, 0.15) is 31.4 Å². The van der Waals surface area contributed by atoms with Crippen LogP contribution in [0.3, 0.4) is 0 Å². The average Bonchev–Trinajstić information content (AvgIpc) is 3.28. The normalized spacial score (nSPS) is 23.1. The van der Waals surface area contributed by atoms with Gasteiger partial charge in [-0.05, 0) is 30.7 Å². The van der Waals surface area contributed by atoms with Gasteiger partial charge >= 0.3 is 0 Å². The number of hydrogen-bond donors (Lipinski definition) is 0. The lowest BCUT2D eigenvalue weighted by molar-refractivity contribution is -0.143. The van der Waals surface area contributed by atoms with Crippen LogP contribution < -0.4 is 14.5 Å². The molecule has 0 radical (unpaired) electrons. The minimum absolute atomic E-state index is 0.195. The zero-order valence-electron chi connectivity index (χ0n) is 17.4. The summed E-state index contributed by atoms with van der Waals surface area (Å²) in [5.41, 5.74) is 1.55. The molecule has 2 aliphatic heterocycles. The van der Waals surface area contributed by atoms with E-state index in [0.29, 0.717) is 18.0 Å². The largest absolute Gasteiger partial charge is 0.497 e. The Balaban J connectivity index is 1.79. The van der Waals surface area contributed by atoms with Gasteiger partial charge in [-0.25, -0.2) is 5.06 Å². The van der Waals surface area contributed by atoms with Crippen LogP contribution in [-0.2, 0) is 14.4 Å². The Morgan fingerprint density at radius 1 is 1.00 bits per heavy atom. The molecule has 158 valence electrons. The first-order valence-corrected chi connectivity index (χ1v) is 10.2. The minimum Gasteiger partial charge on any atom is -0.497 e. The van der Waals surface area contributed by atoms with Gasteiger partial charge in [-0.15, -0.1) is 0 Å². The van der Waals surface area contributed by atoms with Crippen molar-refractivity contribution >= 4 is 17.5 Å². The van der Waals surface area contributed by atoms with Crippen LogP contribution in [0.5, 0.6) is 11.5 Å². The molecule has 7 nitrogen and oxygen atoms in total. The van der Waals surface area contributed by atoms with Gasteiger partial charge in [0, 0.05) is 18.2 Å². The van der Waals surface area contributed by atoms with E-state index in [9.17, 15) is 9.59 Å². The van der Waals surface area contributed by atoms with Crippen LogP contribution in [0.25, 0.3) is 0 Å². The van der Waals surface area contributed by atoms with Crippen molar-refractivity contribution in [3.63, 3.8) is 0 Å². The predicted octanol–water partition coefficient (Wildman–Crippen LogP) is 3.35. The number of benzene rings is 2. The molecular formula is C23H26N2O5. The summed E-state index contributed by atoms with van der Waals surface area (Å²) >= 11 is 0. The molecule has 0 N–H and O–H groups in total. The molecule has 2 aliphatic rings. The van der Waals surface area contributed by atoms with E-state index in [2.05, 4.69) is 0 Å². The number of carbonyl (C=O) groups excluding carboxylic acids is 2. The quantitative estimate of drug-likeness (QED) is 0.652. The number of amides is 2. The van der Waals surface area contributed by atoms with Gasteiger partial charge in [-0.3, -0.25) is 19.3 Å². The smallest absolute Gasteiger partial charge is 0.261 e. The summed E-state index contributed by atoms with van der Waals surface area (Å²) in [6.45, 7) is 2.45. The topological polar surface area (TPSA) is 68.3 Å². The SMILES string of the molecule is CCCCN1C(=O)[C@@H]2[C@@H](ON(c3ccccc3)[C@H]2c2ccc(OC)cc2OC)C1=O. The molecule has 0 aliphatic carbocycles. The number of hydroxylamine groups is 1. The van der Waals surface area contributed by atoms with Crippen molar-refractivity contribution in [2.75, 3.05) is 25.8 Å². The lowest BCUT2D eigenvalue weighted by Crippen LogP contribution is -2.37. The number of methoxy groups -OCH3 is 2. The van der Waals surface area contributed by atoms with Gasteiger partial charge in [-0.1, -0.05) is 31.5 Å². The highest BCUT2D eigenvalue weighted by Crippen LogP contribution is 2.49. The van der Waals surface area contributed by atoms with Crippen molar-refractivity contribution < 1.29 is 23.9 Å². The number of para-hydroxylation sites is 1. The fraction of sp³-hybridized carbons (Fsp3) is 0.391. The Bertz CT molecular complexity index is 932. The number of imide groups is 1. The zero-order chi connectivity index (χ0) is 21.3. The van der Waals surface area contributed by atoms with Gasteiger partial charge in [0.25, 0.3) is 5.91 Å². The highest BCUT2D eigenvalue weighted by Gasteiger charge is 2.60. The molecule has 0 spiro atoms. The van der Waals surface area contributed by atoms with E-state index in [1.54, 1.807) is 25.3 Å². The molecule has 7 heteroatoms. The third-order valence-electron chi connectivity index (χ3n) is 5.71. The molecule has 2 saturated heterocycles. The maximum absolute atomic E-state index is 13.3. The number of nitrogens with zero attached hydrogens (tertiary/aromatic N) is 2. The van der Waals surface area contributed by atoms with Crippen molar-refractivity contribution in [2.24, 2.45) is 5.92 Å². The number of hydrogen-bond acceptors (Lipinski definition) is 6. The molecule has 2 aromatic carbocycles. The maximum atomic E-state index is 13.3. The predicted molar refractivity (Wildman–Crippen MR) is 111 cm³/mol. The molecule has 30 heavy (non-hydrogen) atoms. The molecule has 0 saturated carbocycles. The molecular weight excluding hydrogens is 384 g/mol. The first-order valence-electron chi connectivity index (χ1n) is 10.2. The Hall–Kier alpha value is -3.06. The molecule has 2 fully saturated rings. The van der Waals surface area contributed by atoms with Gasteiger partial charge in [0.05, 0.1) is 25.9 Å². The maximum Gasteiger partial charge on any atom is 0.261 e. The summed E-state index contributed by atoms with van der Waals surface area (Å²) in [5.74, 6) is 0.124. The Morgan fingerprint density at radius 2 is 1.77 bits per heavy atom. The van der Waals surface area contributed by atoms with Crippen molar-refractivity contribution in [1.29, 1.82) is 0 Å². The van der Waals surface area contributed by atoms with E-state index >= 15 is 0 Å². The highest BCUT2D eigenvalue weighted by molar-refractivity contribution is 6.07. The van der Waals surface area contributed by atoms with Gasteiger partial charge < -0.3 is 9.47 Å². The summed E-state index contributed by atoms with van der Waals surface area (Å²) in [5, 5.41) is 1.67. The van der Waals surface area contributed by atoms with Crippen LogP contribution in [0.4, 0.5) is 5.69 Å². The highest BCUT2D eigenvalue weighted by atomic mass is 16.7. The molecule has 2 heterocycles. The number of unbranched alkanes of at least 4 members (excludes halogenated alkanes) is 1. The van der Waals surface area contributed by atoms with Gasteiger partial charge in [0.2, 0.25) is 5.91 Å².